The molecule has 6 nitrogen and oxygen atoms in total. The summed E-state index contributed by atoms with van der Waals surface area (Å²) in [5, 5.41) is 7.58. The van der Waals surface area contributed by atoms with Crippen molar-refractivity contribution in [1.29, 1.82) is 0 Å². The lowest BCUT2D eigenvalue weighted by molar-refractivity contribution is 0.0730. The lowest BCUT2D eigenvalue weighted by Crippen LogP contribution is -2.29. The Hall–Kier alpha value is -3.71. The minimum absolute atomic E-state index is 0.0583. The van der Waals surface area contributed by atoms with E-state index in [9.17, 15) is 4.79 Å². The average molecular weight is 472 g/mol. The van der Waals surface area contributed by atoms with E-state index in [1.807, 2.05) is 53.4 Å². The van der Waals surface area contributed by atoms with Crippen LogP contribution < -0.4 is 9.47 Å². The average Bonchev–Trinajstić information content (AvgIpc) is 3.43. The number of thioether (sulfide) groups is 1. The van der Waals surface area contributed by atoms with Crippen LogP contribution in [0.3, 0.4) is 0 Å². The first-order valence-electron chi connectivity index (χ1n) is 10.9. The third kappa shape index (κ3) is 3.92. The molecule has 1 aromatic heterocycles. The highest BCUT2D eigenvalue weighted by Crippen LogP contribution is 2.44. The molecule has 0 saturated heterocycles. The van der Waals surface area contributed by atoms with E-state index in [0.29, 0.717) is 12.2 Å². The molecule has 1 unspecified atom stereocenters. The van der Waals surface area contributed by atoms with Gasteiger partial charge in [0.1, 0.15) is 17.2 Å². The number of methoxy groups -OCH3 is 2. The van der Waals surface area contributed by atoms with Crippen molar-refractivity contribution in [3.63, 3.8) is 0 Å². The molecular weight excluding hydrogens is 446 g/mol. The molecule has 2 heterocycles. The number of nitrogens with zero attached hydrogens (tertiary/aromatic N) is 2. The van der Waals surface area contributed by atoms with Crippen molar-refractivity contribution in [2.24, 2.45) is 0 Å². The maximum Gasteiger partial charge on any atom is 0.273 e. The van der Waals surface area contributed by atoms with Crippen LogP contribution >= 0.6 is 11.8 Å². The fourth-order valence-corrected chi connectivity index (χ4v) is 4.80. The Morgan fingerprint density at radius 3 is 2.12 bits per heavy atom. The van der Waals surface area contributed by atoms with E-state index in [4.69, 9.17) is 9.47 Å². The van der Waals surface area contributed by atoms with E-state index in [0.717, 1.165) is 39.4 Å². The number of fused-ring (bicyclic) bond motifs is 1. The molecule has 34 heavy (non-hydrogen) atoms. The number of carbonyl (C=O) groups is 1. The summed E-state index contributed by atoms with van der Waals surface area (Å²) in [6.07, 6.45) is 2.06. The van der Waals surface area contributed by atoms with Crippen LogP contribution in [-0.2, 0) is 6.54 Å². The minimum Gasteiger partial charge on any atom is -0.497 e. The lowest BCUT2D eigenvalue weighted by Gasteiger charge is -2.27. The molecular formula is C27H25N3O3S. The first-order chi connectivity index (χ1) is 16.6. The first-order valence-corrected chi connectivity index (χ1v) is 12.2. The zero-order chi connectivity index (χ0) is 23.7. The fourth-order valence-electron chi connectivity index (χ4n) is 4.39. The van der Waals surface area contributed by atoms with Crippen LogP contribution in [0.25, 0.3) is 11.3 Å². The highest BCUT2D eigenvalue weighted by atomic mass is 32.2. The van der Waals surface area contributed by atoms with Gasteiger partial charge in [-0.2, -0.15) is 5.10 Å². The number of ether oxygens (including phenoxy) is 2. The standard InChI is InChI=1S/C27H25N3O3S/c1-32-20-10-4-17(5-11-20)16-30-26(19-8-14-22(34-3)15-9-19)23-24(28-29-25(23)27(30)31)18-6-12-21(33-2)13-7-18/h4-15,26H,16H2,1-3H3,(H,28,29). The second kappa shape index (κ2) is 9.27. The Labute approximate surface area is 202 Å². The van der Waals surface area contributed by atoms with Gasteiger partial charge in [0.05, 0.1) is 26.0 Å². The predicted molar refractivity (Wildman–Crippen MR) is 134 cm³/mol. The molecule has 7 heteroatoms. The smallest absolute Gasteiger partial charge is 0.273 e. The van der Waals surface area contributed by atoms with Crippen LogP contribution in [0.5, 0.6) is 11.5 Å². The fraction of sp³-hybridized carbons (Fsp3) is 0.185. The van der Waals surface area contributed by atoms with Crippen LogP contribution in [-0.4, -0.2) is 41.5 Å². The number of carbonyl (C=O) groups excluding carboxylic acids is 1. The third-order valence-corrected chi connectivity index (χ3v) is 6.91. The van der Waals surface area contributed by atoms with E-state index in [-0.39, 0.29) is 11.9 Å². The van der Waals surface area contributed by atoms with Crippen molar-refractivity contribution in [2.45, 2.75) is 17.5 Å². The van der Waals surface area contributed by atoms with E-state index in [1.54, 1.807) is 26.0 Å². The van der Waals surface area contributed by atoms with Gasteiger partial charge < -0.3 is 14.4 Å². The molecule has 0 bridgehead atoms. The normalized spacial score (nSPS) is 14.9. The second-order valence-corrected chi connectivity index (χ2v) is 8.93. The van der Waals surface area contributed by atoms with Crippen molar-refractivity contribution < 1.29 is 14.3 Å². The summed E-state index contributed by atoms with van der Waals surface area (Å²) in [5.74, 6) is 1.51. The number of benzene rings is 3. The molecule has 172 valence electrons. The summed E-state index contributed by atoms with van der Waals surface area (Å²) in [5.41, 5.74) is 5.24. The summed E-state index contributed by atoms with van der Waals surface area (Å²) in [4.78, 5) is 16.7. The topological polar surface area (TPSA) is 67.5 Å². The van der Waals surface area contributed by atoms with Gasteiger partial charge >= 0.3 is 0 Å². The number of aromatic nitrogens is 2. The van der Waals surface area contributed by atoms with E-state index >= 15 is 0 Å². The van der Waals surface area contributed by atoms with Crippen LogP contribution in [0.1, 0.15) is 33.2 Å². The molecule has 1 aliphatic rings. The summed E-state index contributed by atoms with van der Waals surface area (Å²) >= 11 is 1.70. The lowest BCUT2D eigenvalue weighted by atomic mass is 9.96. The maximum atomic E-state index is 13.6. The van der Waals surface area contributed by atoms with Gasteiger partial charge in [-0.05, 0) is 65.9 Å². The van der Waals surface area contributed by atoms with Crippen molar-refractivity contribution in [3.8, 4) is 22.8 Å². The van der Waals surface area contributed by atoms with Gasteiger partial charge in [0.25, 0.3) is 5.91 Å². The third-order valence-electron chi connectivity index (χ3n) is 6.17. The molecule has 5 rings (SSSR count). The zero-order valence-electron chi connectivity index (χ0n) is 19.2. The molecule has 3 aromatic carbocycles. The monoisotopic (exact) mass is 471 g/mol. The molecule has 4 aromatic rings. The van der Waals surface area contributed by atoms with Crippen LogP contribution in [0.2, 0.25) is 0 Å². The minimum atomic E-state index is -0.253. The van der Waals surface area contributed by atoms with Gasteiger partial charge in [-0.1, -0.05) is 24.3 Å². The second-order valence-electron chi connectivity index (χ2n) is 8.05. The zero-order valence-corrected chi connectivity index (χ0v) is 20.1. The molecule has 0 radical (unpaired) electrons. The number of amides is 1. The van der Waals surface area contributed by atoms with Crippen molar-refractivity contribution in [2.75, 3.05) is 20.5 Å². The summed E-state index contributed by atoms with van der Waals surface area (Å²) in [6.45, 7) is 0.475. The highest BCUT2D eigenvalue weighted by Gasteiger charge is 2.42. The molecule has 0 fully saturated rings. The van der Waals surface area contributed by atoms with Gasteiger partial charge in [-0.3, -0.25) is 9.89 Å². The molecule has 1 amide bonds. The van der Waals surface area contributed by atoms with Crippen LogP contribution in [0.15, 0.2) is 77.7 Å². The van der Waals surface area contributed by atoms with Crippen LogP contribution in [0.4, 0.5) is 0 Å². The Morgan fingerprint density at radius 1 is 0.912 bits per heavy atom. The van der Waals surface area contributed by atoms with Gasteiger partial charge in [0.2, 0.25) is 0 Å². The van der Waals surface area contributed by atoms with Gasteiger partial charge in [0, 0.05) is 22.6 Å². The Morgan fingerprint density at radius 2 is 1.53 bits per heavy atom. The number of nitrogens with one attached hydrogen (secondary N) is 1. The van der Waals surface area contributed by atoms with Gasteiger partial charge in [-0.15, -0.1) is 11.8 Å². The first kappa shape index (κ1) is 22.1. The number of aromatic amines is 1. The molecule has 1 aliphatic heterocycles. The van der Waals surface area contributed by atoms with Crippen molar-refractivity contribution >= 4 is 17.7 Å². The summed E-state index contributed by atoms with van der Waals surface area (Å²) < 4.78 is 10.6. The summed E-state index contributed by atoms with van der Waals surface area (Å²) in [7, 11) is 3.29. The molecule has 1 atom stereocenters. The van der Waals surface area contributed by atoms with Gasteiger partial charge in [-0.25, -0.2) is 0 Å². The number of hydrogen-bond acceptors (Lipinski definition) is 5. The Bertz CT molecular complexity index is 1300. The number of rotatable bonds is 7. The van der Waals surface area contributed by atoms with Gasteiger partial charge in [0.15, 0.2) is 0 Å². The molecule has 1 N–H and O–H groups in total. The molecule has 0 spiro atoms. The van der Waals surface area contributed by atoms with Crippen molar-refractivity contribution in [3.05, 3.63) is 95.2 Å². The quantitative estimate of drug-likeness (QED) is 0.357. The SMILES string of the molecule is COc1ccc(CN2C(=O)c3[nH]nc(-c4ccc(OC)cc4)c3C2c2ccc(SC)cc2)cc1. The molecule has 0 saturated carbocycles. The maximum absolute atomic E-state index is 13.6. The van der Waals surface area contributed by atoms with E-state index < -0.39 is 0 Å². The van der Waals surface area contributed by atoms with E-state index in [2.05, 4.69) is 40.7 Å². The molecule has 0 aliphatic carbocycles. The number of H-pyrrole nitrogens is 1. The summed E-state index contributed by atoms with van der Waals surface area (Å²) in [6, 6.07) is 23.7. The highest BCUT2D eigenvalue weighted by molar-refractivity contribution is 7.98. The largest absolute Gasteiger partial charge is 0.497 e. The Balaban J connectivity index is 1.59. The Kier molecular flexibility index (Phi) is 6.02. The van der Waals surface area contributed by atoms with Crippen molar-refractivity contribution in [1.82, 2.24) is 15.1 Å². The number of hydrogen-bond donors (Lipinski definition) is 1. The van der Waals surface area contributed by atoms with Crippen LogP contribution in [0, 0.1) is 0 Å². The predicted octanol–water partition coefficient (Wildman–Crippen LogP) is 5.56. The van der Waals surface area contributed by atoms with E-state index in [1.165, 1.54) is 4.90 Å².